The lowest BCUT2D eigenvalue weighted by Crippen LogP contribution is -2.38. The number of carbonyl (C=O) groups is 2. The summed E-state index contributed by atoms with van der Waals surface area (Å²) in [5.74, 6) is -0.273. The SMILES string of the molecule is COc1cccc([C@@H]2/C(=C(\O)c3ccc(OCc4cccc(C)c4)cc3)C(=O)C(=O)N2CCCN2CCOCC2)c1. The van der Waals surface area contributed by atoms with Crippen molar-refractivity contribution in [3.05, 3.63) is 101 Å². The minimum absolute atomic E-state index is 0.0723. The van der Waals surface area contributed by atoms with E-state index >= 15 is 0 Å². The lowest BCUT2D eigenvalue weighted by atomic mass is 9.95. The van der Waals surface area contributed by atoms with Crippen LogP contribution in [0.3, 0.4) is 0 Å². The van der Waals surface area contributed by atoms with Crippen molar-refractivity contribution >= 4 is 17.4 Å². The molecule has 0 spiro atoms. The molecule has 41 heavy (non-hydrogen) atoms. The summed E-state index contributed by atoms with van der Waals surface area (Å²) in [5, 5.41) is 11.4. The van der Waals surface area contributed by atoms with Crippen LogP contribution in [0.5, 0.6) is 11.5 Å². The molecule has 0 unspecified atom stereocenters. The second-order valence-corrected chi connectivity index (χ2v) is 10.4. The van der Waals surface area contributed by atoms with Gasteiger partial charge in [-0.25, -0.2) is 0 Å². The van der Waals surface area contributed by atoms with Crippen molar-refractivity contribution in [1.29, 1.82) is 0 Å². The van der Waals surface area contributed by atoms with E-state index in [0.29, 0.717) is 55.4 Å². The summed E-state index contributed by atoms with van der Waals surface area (Å²) in [5.41, 5.74) is 3.43. The summed E-state index contributed by atoms with van der Waals surface area (Å²) in [4.78, 5) is 30.6. The molecular weight excluding hydrogens is 520 g/mol. The maximum atomic E-state index is 13.4. The molecule has 2 aliphatic rings. The Labute approximate surface area is 240 Å². The Morgan fingerprint density at radius 2 is 1.71 bits per heavy atom. The molecule has 1 N–H and O–H groups in total. The third kappa shape index (κ3) is 6.61. The third-order valence-electron chi connectivity index (χ3n) is 7.54. The molecule has 0 radical (unpaired) electrons. The maximum absolute atomic E-state index is 13.4. The Morgan fingerprint density at radius 3 is 2.44 bits per heavy atom. The second kappa shape index (κ2) is 13.0. The molecular formula is C33H36N2O6. The van der Waals surface area contributed by atoms with Gasteiger partial charge in [0.15, 0.2) is 0 Å². The van der Waals surface area contributed by atoms with Crippen LogP contribution in [0.25, 0.3) is 5.76 Å². The van der Waals surface area contributed by atoms with Crippen LogP contribution in [0.2, 0.25) is 0 Å². The zero-order chi connectivity index (χ0) is 28.8. The number of aliphatic hydroxyl groups excluding tert-OH is 1. The molecule has 0 aliphatic carbocycles. The van der Waals surface area contributed by atoms with Crippen molar-refractivity contribution in [2.45, 2.75) is 26.0 Å². The van der Waals surface area contributed by atoms with Gasteiger partial charge in [-0.3, -0.25) is 14.5 Å². The minimum Gasteiger partial charge on any atom is -0.507 e. The molecule has 0 saturated carbocycles. The van der Waals surface area contributed by atoms with Crippen LogP contribution in [-0.2, 0) is 20.9 Å². The fraction of sp³-hybridized carbons (Fsp3) is 0.333. The number of hydrogen-bond donors (Lipinski definition) is 1. The van der Waals surface area contributed by atoms with E-state index in [0.717, 1.165) is 30.8 Å². The number of nitrogens with zero attached hydrogens (tertiary/aromatic N) is 2. The van der Waals surface area contributed by atoms with Crippen LogP contribution in [0.15, 0.2) is 78.4 Å². The van der Waals surface area contributed by atoms with Gasteiger partial charge < -0.3 is 24.2 Å². The largest absolute Gasteiger partial charge is 0.507 e. The summed E-state index contributed by atoms with van der Waals surface area (Å²) < 4.78 is 16.8. The fourth-order valence-electron chi connectivity index (χ4n) is 5.39. The second-order valence-electron chi connectivity index (χ2n) is 10.4. The molecule has 2 heterocycles. The van der Waals surface area contributed by atoms with E-state index in [9.17, 15) is 14.7 Å². The molecule has 2 fully saturated rings. The van der Waals surface area contributed by atoms with Crippen molar-refractivity contribution in [3.8, 4) is 11.5 Å². The van der Waals surface area contributed by atoms with Gasteiger partial charge in [0.05, 0.1) is 31.9 Å². The molecule has 0 bridgehead atoms. The quantitative estimate of drug-likeness (QED) is 0.220. The number of methoxy groups -OCH3 is 1. The molecule has 5 rings (SSSR count). The first-order chi connectivity index (χ1) is 19.9. The van der Waals surface area contributed by atoms with E-state index in [2.05, 4.69) is 11.0 Å². The highest BCUT2D eigenvalue weighted by Gasteiger charge is 2.46. The van der Waals surface area contributed by atoms with Crippen molar-refractivity contribution in [2.24, 2.45) is 0 Å². The van der Waals surface area contributed by atoms with Gasteiger partial charge in [0.25, 0.3) is 11.7 Å². The van der Waals surface area contributed by atoms with Gasteiger partial charge in [-0.1, -0.05) is 42.0 Å². The fourth-order valence-corrected chi connectivity index (χ4v) is 5.39. The zero-order valence-corrected chi connectivity index (χ0v) is 23.5. The number of aryl methyl sites for hydroxylation is 1. The van der Waals surface area contributed by atoms with Gasteiger partial charge in [-0.05, 0) is 60.9 Å². The highest BCUT2D eigenvalue weighted by molar-refractivity contribution is 6.46. The van der Waals surface area contributed by atoms with Gasteiger partial charge in [-0.2, -0.15) is 0 Å². The number of likely N-dealkylation sites (tertiary alicyclic amines) is 1. The number of amides is 1. The number of hydrogen-bond acceptors (Lipinski definition) is 7. The van der Waals surface area contributed by atoms with E-state index in [-0.39, 0.29) is 11.3 Å². The standard InChI is InChI=1S/C33H36N2O6/c1-23-6-3-7-24(20-23)22-41-27-12-10-25(11-13-27)31(36)29-30(26-8-4-9-28(21-26)39-2)35(33(38)32(29)37)15-5-14-34-16-18-40-19-17-34/h3-4,6-13,20-21,30,36H,5,14-19,22H2,1-2H3/b31-29+/t30-/m1/s1. The number of Topliss-reactive ketones (excluding diaryl/α,β-unsaturated/α-hetero) is 1. The number of morpholine rings is 1. The molecule has 2 saturated heterocycles. The monoisotopic (exact) mass is 556 g/mol. The van der Waals surface area contributed by atoms with Gasteiger partial charge in [0.1, 0.15) is 23.9 Å². The normalized spacial score (nSPS) is 19.0. The highest BCUT2D eigenvalue weighted by atomic mass is 16.5. The highest BCUT2D eigenvalue weighted by Crippen LogP contribution is 2.40. The van der Waals surface area contributed by atoms with Crippen molar-refractivity contribution in [2.75, 3.05) is 46.5 Å². The molecule has 2 aliphatic heterocycles. The number of carbonyl (C=O) groups excluding carboxylic acids is 2. The third-order valence-corrected chi connectivity index (χ3v) is 7.54. The maximum Gasteiger partial charge on any atom is 0.295 e. The van der Waals surface area contributed by atoms with E-state index in [1.807, 2.05) is 43.3 Å². The Bertz CT molecular complexity index is 1410. The summed E-state index contributed by atoms with van der Waals surface area (Å²) in [6, 6.07) is 21.6. The van der Waals surface area contributed by atoms with Crippen LogP contribution in [0, 0.1) is 6.92 Å². The van der Waals surface area contributed by atoms with Gasteiger partial charge in [0.2, 0.25) is 0 Å². The summed E-state index contributed by atoms with van der Waals surface area (Å²) in [6.45, 7) is 6.72. The summed E-state index contributed by atoms with van der Waals surface area (Å²) >= 11 is 0. The molecule has 214 valence electrons. The van der Waals surface area contributed by atoms with Crippen LogP contribution >= 0.6 is 0 Å². The van der Waals surface area contributed by atoms with Crippen LogP contribution in [0.4, 0.5) is 0 Å². The van der Waals surface area contributed by atoms with Crippen molar-refractivity contribution < 1.29 is 28.9 Å². The Balaban J connectivity index is 1.40. The Morgan fingerprint density at radius 1 is 0.951 bits per heavy atom. The molecule has 1 atom stereocenters. The summed E-state index contributed by atoms with van der Waals surface area (Å²) in [7, 11) is 1.57. The van der Waals surface area contributed by atoms with E-state index < -0.39 is 17.7 Å². The predicted octanol–water partition coefficient (Wildman–Crippen LogP) is 4.73. The zero-order valence-electron chi connectivity index (χ0n) is 23.5. The lowest BCUT2D eigenvalue weighted by molar-refractivity contribution is -0.140. The number of ketones is 1. The topological polar surface area (TPSA) is 88.5 Å². The smallest absolute Gasteiger partial charge is 0.295 e. The molecule has 3 aromatic carbocycles. The predicted molar refractivity (Wildman–Crippen MR) is 156 cm³/mol. The van der Waals surface area contributed by atoms with E-state index in [4.69, 9.17) is 14.2 Å². The van der Waals surface area contributed by atoms with Gasteiger partial charge >= 0.3 is 0 Å². The molecule has 1 amide bonds. The van der Waals surface area contributed by atoms with Crippen molar-refractivity contribution in [1.82, 2.24) is 9.80 Å². The van der Waals surface area contributed by atoms with Crippen LogP contribution < -0.4 is 9.47 Å². The molecule has 8 nitrogen and oxygen atoms in total. The summed E-state index contributed by atoms with van der Waals surface area (Å²) in [6.07, 6.45) is 0.695. The van der Waals surface area contributed by atoms with Crippen LogP contribution in [-0.4, -0.2) is 73.1 Å². The first-order valence-corrected chi connectivity index (χ1v) is 14.0. The Hall–Kier alpha value is -4.14. The van der Waals surface area contributed by atoms with E-state index in [1.165, 1.54) is 0 Å². The number of benzene rings is 3. The molecule has 3 aromatic rings. The van der Waals surface area contributed by atoms with Gasteiger partial charge in [0, 0.05) is 31.7 Å². The molecule has 8 heteroatoms. The number of aliphatic hydroxyl groups is 1. The first kappa shape index (κ1) is 28.4. The lowest BCUT2D eigenvalue weighted by Gasteiger charge is -2.29. The van der Waals surface area contributed by atoms with Gasteiger partial charge in [-0.15, -0.1) is 0 Å². The average molecular weight is 557 g/mol. The average Bonchev–Trinajstić information content (AvgIpc) is 3.25. The first-order valence-electron chi connectivity index (χ1n) is 14.0. The van der Waals surface area contributed by atoms with Crippen molar-refractivity contribution in [3.63, 3.8) is 0 Å². The number of rotatable bonds is 10. The molecule has 0 aromatic heterocycles. The minimum atomic E-state index is -0.730. The van der Waals surface area contributed by atoms with Crippen LogP contribution in [0.1, 0.15) is 34.7 Å². The van der Waals surface area contributed by atoms with E-state index in [1.54, 1.807) is 42.3 Å². The Kier molecular flexibility index (Phi) is 9.01. The number of ether oxygens (including phenoxy) is 3.